The third-order valence-corrected chi connectivity index (χ3v) is 5.04. The number of aryl methyl sites for hydroxylation is 1. The molecule has 17 heavy (non-hydrogen) atoms. The molecule has 1 fully saturated rings. The Hall–Kier alpha value is -0.880. The Morgan fingerprint density at radius 2 is 2.41 bits per heavy atom. The highest BCUT2D eigenvalue weighted by molar-refractivity contribution is 7.91. The molecule has 1 N–H and O–H groups in total. The second-order valence-electron chi connectivity index (χ2n) is 4.68. The lowest BCUT2D eigenvalue weighted by Gasteiger charge is -2.09. The molecule has 0 saturated carbocycles. The summed E-state index contributed by atoms with van der Waals surface area (Å²) < 4.78 is 24.5. The molecule has 6 heteroatoms. The van der Waals surface area contributed by atoms with Gasteiger partial charge >= 0.3 is 0 Å². The molecule has 0 bridgehead atoms. The van der Waals surface area contributed by atoms with Crippen LogP contribution in [0.1, 0.15) is 12.2 Å². The van der Waals surface area contributed by atoms with Crippen LogP contribution in [0.2, 0.25) is 0 Å². The highest BCUT2D eigenvalue weighted by atomic mass is 32.2. The van der Waals surface area contributed by atoms with E-state index in [4.69, 9.17) is 0 Å². The number of rotatable bonds is 5. The number of imidazole rings is 1. The van der Waals surface area contributed by atoms with E-state index in [0.717, 1.165) is 31.8 Å². The summed E-state index contributed by atoms with van der Waals surface area (Å²) in [6.45, 7) is 1.64. The predicted molar refractivity (Wildman–Crippen MR) is 66.5 cm³/mol. The molecule has 96 valence electrons. The van der Waals surface area contributed by atoms with Gasteiger partial charge < -0.3 is 9.88 Å². The first-order valence-corrected chi connectivity index (χ1v) is 7.76. The molecule has 0 aliphatic carbocycles. The quantitative estimate of drug-likeness (QED) is 0.753. The molecule has 0 aromatic carbocycles. The number of hydrogen-bond acceptors (Lipinski definition) is 4. The van der Waals surface area contributed by atoms with Crippen molar-refractivity contribution in [3.63, 3.8) is 0 Å². The van der Waals surface area contributed by atoms with E-state index in [9.17, 15) is 8.42 Å². The summed E-state index contributed by atoms with van der Waals surface area (Å²) in [5, 5.41) is 3.31. The second kappa shape index (κ2) is 5.18. The largest absolute Gasteiger partial charge is 0.338 e. The fourth-order valence-corrected chi connectivity index (χ4v) is 4.04. The van der Waals surface area contributed by atoms with Gasteiger partial charge in [0.15, 0.2) is 9.84 Å². The average molecular weight is 257 g/mol. The summed E-state index contributed by atoms with van der Waals surface area (Å²) in [5.74, 6) is 2.05. The van der Waals surface area contributed by atoms with E-state index in [2.05, 4.69) is 10.3 Å². The number of aromatic nitrogens is 2. The smallest absolute Gasteiger partial charge is 0.150 e. The van der Waals surface area contributed by atoms with Gasteiger partial charge in [-0.15, -0.1) is 0 Å². The van der Waals surface area contributed by atoms with Gasteiger partial charge in [0.05, 0.1) is 11.5 Å². The lowest BCUT2D eigenvalue weighted by Crippen LogP contribution is -2.26. The van der Waals surface area contributed by atoms with Crippen LogP contribution in [0, 0.1) is 5.92 Å². The van der Waals surface area contributed by atoms with Gasteiger partial charge in [-0.05, 0) is 18.9 Å². The van der Waals surface area contributed by atoms with E-state index in [1.54, 1.807) is 6.20 Å². The lowest BCUT2D eigenvalue weighted by atomic mass is 10.1. The fourth-order valence-electron chi connectivity index (χ4n) is 2.18. The average Bonchev–Trinajstić information content (AvgIpc) is 2.80. The minimum absolute atomic E-state index is 0.293. The Morgan fingerprint density at radius 3 is 3.00 bits per heavy atom. The zero-order valence-electron chi connectivity index (χ0n) is 10.1. The Bertz CT molecular complexity index is 467. The number of nitrogens with one attached hydrogen (secondary N) is 1. The summed E-state index contributed by atoms with van der Waals surface area (Å²) in [4.78, 5) is 4.24. The van der Waals surface area contributed by atoms with Crippen molar-refractivity contribution in [1.82, 2.24) is 14.9 Å². The van der Waals surface area contributed by atoms with E-state index >= 15 is 0 Å². The van der Waals surface area contributed by atoms with Crippen LogP contribution in [0.5, 0.6) is 0 Å². The summed E-state index contributed by atoms with van der Waals surface area (Å²) in [6.07, 6.45) is 5.40. The SMILES string of the molecule is Cn1ccnc1CCNCC1CCS(=O)(=O)C1. The van der Waals surface area contributed by atoms with Crippen molar-refractivity contribution >= 4 is 9.84 Å². The molecule has 1 aromatic rings. The molecule has 1 aliphatic heterocycles. The predicted octanol–water partition coefficient (Wildman–Crippen LogP) is -0.0131. The molecule has 1 saturated heterocycles. The number of sulfone groups is 1. The second-order valence-corrected chi connectivity index (χ2v) is 6.91. The van der Waals surface area contributed by atoms with Crippen LogP contribution < -0.4 is 5.32 Å². The first-order chi connectivity index (χ1) is 8.07. The molecule has 1 atom stereocenters. The van der Waals surface area contributed by atoms with Crippen molar-refractivity contribution in [3.8, 4) is 0 Å². The van der Waals surface area contributed by atoms with Crippen molar-refractivity contribution in [2.75, 3.05) is 24.6 Å². The molecule has 1 aliphatic rings. The third-order valence-electron chi connectivity index (χ3n) is 3.21. The Balaban J connectivity index is 1.66. The molecule has 0 amide bonds. The Kier molecular flexibility index (Phi) is 3.83. The van der Waals surface area contributed by atoms with Crippen LogP contribution in [0.25, 0.3) is 0 Å². The van der Waals surface area contributed by atoms with Gasteiger partial charge in [-0.3, -0.25) is 0 Å². The zero-order chi connectivity index (χ0) is 12.3. The van der Waals surface area contributed by atoms with E-state index in [0.29, 0.717) is 17.4 Å². The molecular weight excluding hydrogens is 238 g/mol. The van der Waals surface area contributed by atoms with E-state index < -0.39 is 9.84 Å². The molecule has 1 aromatic heterocycles. The van der Waals surface area contributed by atoms with Gasteiger partial charge in [0.1, 0.15) is 5.82 Å². The van der Waals surface area contributed by atoms with Crippen LogP contribution in [-0.4, -0.2) is 42.6 Å². The fraction of sp³-hybridized carbons (Fsp3) is 0.727. The molecule has 0 spiro atoms. The maximum absolute atomic E-state index is 11.3. The topological polar surface area (TPSA) is 64.0 Å². The van der Waals surface area contributed by atoms with Gasteiger partial charge in [-0.25, -0.2) is 13.4 Å². The first kappa shape index (κ1) is 12.6. The maximum Gasteiger partial charge on any atom is 0.150 e. The van der Waals surface area contributed by atoms with Crippen molar-refractivity contribution in [2.45, 2.75) is 12.8 Å². The Morgan fingerprint density at radius 1 is 1.59 bits per heavy atom. The molecule has 1 unspecified atom stereocenters. The first-order valence-electron chi connectivity index (χ1n) is 5.94. The van der Waals surface area contributed by atoms with Crippen LogP contribution in [0.4, 0.5) is 0 Å². The minimum Gasteiger partial charge on any atom is -0.338 e. The standard InChI is InChI=1S/C11H19N3O2S/c1-14-6-5-13-11(14)2-4-12-8-10-3-7-17(15,16)9-10/h5-6,10,12H,2-4,7-9H2,1H3. The monoisotopic (exact) mass is 257 g/mol. The van der Waals surface area contributed by atoms with Crippen molar-refractivity contribution in [2.24, 2.45) is 13.0 Å². The summed E-state index contributed by atoms with van der Waals surface area (Å²) in [5.41, 5.74) is 0. The van der Waals surface area contributed by atoms with E-state index in [-0.39, 0.29) is 0 Å². The maximum atomic E-state index is 11.3. The van der Waals surface area contributed by atoms with Gasteiger partial charge in [0, 0.05) is 32.4 Å². The highest BCUT2D eigenvalue weighted by Crippen LogP contribution is 2.17. The highest BCUT2D eigenvalue weighted by Gasteiger charge is 2.27. The van der Waals surface area contributed by atoms with Crippen molar-refractivity contribution in [3.05, 3.63) is 18.2 Å². The van der Waals surface area contributed by atoms with Gasteiger partial charge in [-0.1, -0.05) is 0 Å². The third kappa shape index (κ3) is 3.54. The van der Waals surface area contributed by atoms with Gasteiger partial charge in [0.25, 0.3) is 0 Å². The minimum atomic E-state index is -2.74. The molecule has 0 radical (unpaired) electrons. The van der Waals surface area contributed by atoms with E-state index in [1.807, 2.05) is 17.8 Å². The van der Waals surface area contributed by atoms with Crippen LogP contribution in [-0.2, 0) is 23.3 Å². The molecule has 2 heterocycles. The number of nitrogens with zero attached hydrogens (tertiary/aromatic N) is 2. The van der Waals surface area contributed by atoms with E-state index in [1.165, 1.54) is 0 Å². The summed E-state index contributed by atoms with van der Waals surface area (Å²) in [7, 11) is -0.761. The van der Waals surface area contributed by atoms with Crippen LogP contribution in [0.15, 0.2) is 12.4 Å². The number of hydrogen-bond donors (Lipinski definition) is 1. The lowest BCUT2D eigenvalue weighted by molar-refractivity contribution is 0.518. The Labute approximate surface area is 102 Å². The molecule has 2 rings (SSSR count). The molecule has 5 nitrogen and oxygen atoms in total. The van der Waals surface area contributed by atoms with Crippen molar-refractivity contribution < 1.29 is 8.42 Å². The summed E-state index contributed by atoms with van der Waals surface area (Å²) in [6, 6.07) is 0. The van der Waals surface area contributed by atoms with Crippen LogP contribution >= 0.6 is 0 Å². The van der Waals surface area contributed by atoms with Crippen molar-refractivity contribution in [1.29, 1.82) is 0 Å². The van der Waals surface area contributed by atoms with Gasteiger partial charge in [-0.2, -0.15) is 0 Å². The summed E-state index contributed by atoms with van der Waals surface area (Å²) >= 11 is 0. The van der Waals surface area contributed by atoms with Crippen LogP contribution in [0.3, 0.4) is 0 Å². The molecular formula is C11H19N3O2S. The normalized spacial score (nSPS) is 23.0. The van der Waals surface area contributed by atoms with Gasteiger partial charge in [0.2, 0.25) is 0 Å². The zero-order valence-corrected chi connectivity index (χ0v) is 10.9.